The molecule has 0 saturated carbocycles. The lowest BCUT2D eigenvalue weighted by molar-refractivity contribution is -0.114. The van der Waals surface area contributed by atoms with Gasteiger partial charge in [0, 0.05) is 30.8 Å². The Morgan fingerprint density at radius 3 is 2.41 bits per heavy atom. The maximum absolute atomic E-state index is 11.3. The third kappa shape index (κ3) is 4.26. The molecule has 0 radical (unpaired) electrons. The molecular weight excluding hydrogens is 338 g/mol. The highest BCUT2D eigenvalue weighted by Gasteiger charge is 2.19. The molecule has 1 amide bonds. The Morgan fingerprint density at radius 2 is 1.81 bits per heavy atom. The van der Waals surface area contributed by atoms with Gasteiger partial charge in [-0.1, -0.05) is 49.4 Å². The highest BCUT2D eigenvalue weighted by Crippen LogP contribution is 2.34. The lowest BCUT2D eigenvalue weighted by Crippen LogP contribution is -2.14. The summed E-state index contributed by atoms with van der Waals surface area (Å²) in [6.45, 7) is 4.28. The van der Waals surface area contributed by atoms with E-state index in [0.29, 0.717) is 6.61 Å². The van der Waals surface area contributed by atoms with Crippen molar-refractivity contribution >= 4 is 11.6 Å². The van der Waals surface area contributed by atoms with Gasteiger partial charge >= 0.3 is 0 Å². The molecular formula is C22H25N3O2. The number of rotatable bonds is 7. The fourth-order valence-electron chi connectivity index (χ4n) is 3.23. The van der Waals surface area contributed by atoms with Crippen molar-refractivity contribution in [2.45, 2.75) is 26.3 Å². The molecule has 5 heteroatoms. The molecule has 0 aliphatic carbocycles. The average molecular weight is 363 g/mol. The minimum atomic E-state index is -0.0797. The first-order valence-electron chi connectivity index (χ1n) is 9.13. The monoisotopic (exact) mass is 363 g/mol. The van der Waals surface area contributed by atoms with Gasteiger partial charge in [0.2, 0.25) is 5.91 Å². The molecule has 0 aliphatic heterocycles. The summed E-state index contributed by atoms with van der Waals surface area (Å²) in [5.74, 6) is -0.0797. The molecule has 0 spiro atoms. The largest absolute Gasteiger partial charge is 0.383 e. The van der Waals surface area contributed by atoms with Gasteiger partial charge in [-0.05, 0) is 18.6 Å². The highest BCUT2D eigenvalue weighted by molar-refractivity contribution is 5.89. The van der Waals surface area contributed by atoms with Crippen LogP contribution in [0.5, 0.6) is 0 Å². The number of imidazole rings is 1. The zero-order chi connectivity index (χ0) is 19.2. The standard InChI is InChI=1S/C22H25N3O2/c1-4-20(14-27-3)25-15-23-21(17-8-6-5-7-9-17)22(25)18-10-12-19(13-11-18)24-16(2)26/h5-13,15,20H,4,14H2,1-3H3,(H,24,26)/t20-/m1/s1. The van der Waals surface area contributed by atoms with Gasteiger partial charge in [-0.25, -0.2) is 4.98 Å². The van der Waals surface area contributed by atoms with E-state index in [1.165, 1.54) is 6.92 Å². The Labute approximate surface area is 160 Å². The van der Waals surface area contributed by atoms with E-state index in [-0.39, 0.29) is 11.9 Å². The smallest absolute Gasteiger partial charge is 0.221 e. The van der Waals surface area contributed by atoms with Crippen LogP contribution in [-0.2, 0) is 9.53 Å². The number of hydrogen-bond acceptors (Lipinski definition) is 3. The summed E-state index contributed by atoms with van der Waals surface area (Å²) >= 11 is 0. The first kappa shape index (κ1) is 18.9. The van der Waals surface area contributed by atoms with Crippen LogP contribution in [0.2, 0.25) is 0 Å². The minimum absolute atomic E-state index is 0.0797. The van der Waals surface area contributed by atoms with Crippen LogP contribution in [0, 0.1) is 0 Å². The number of hydrogen-bond donors (Lipinski definition) is 1. The van der Waals surface area contributed by atoms with Gasteiger partial charge in [-0.2, -0.15) is 0 Å². The number of ether oxygens (including phenoxy) is 1. The average Bonchev–Trinajstić information content (AvgIpc) is 3.12. The molecule has 1 aromatic heterocycles. The number of aromatic nitrogens is 2. The van der Waals surface area contributed by atoms with Gasteiger partial charge in [-0.3, -0.25) is 4.79 Å². The molecule has 27 heavy (non-hydrogen) atoms. The van der Waals surface area contributed by atoms with Gasteiger partial charge in [0.15, 0.2) is 0 Å². The van der Waals surface area contributed by atoms with Gasteiger partial charge in [0.05, 0.1) is 30.4 Å². The summed E-state index contributed by atoms with van der Waals surface area (Å²) in [5.41, 5.74) is 4.90. The molecule has 140 valence electrons. The van der Waals surface area contributed by atoms with Crippen LogP contribution < -0.4 is 5.32 Å². The van der Waals surface area contributed by atoms with E-state index in [2.05, 4.69) is 28.9 Å². The summed E-state index contributed by atoms with van der Waals surface area (Å²) in [7, 11) is 1.72. The summed E-state index contributed by atoms with van der Waals surface area (Å²) in [6, 6.07) is 18.2. The topological polar surface area (TPSA) is 56.1 Å². The molecule has 0 bridgehead atoms. The molecule has 5 nitrogen and oxygen atoms in total. The lowest BCUT2D eigenvalue weighted by Gasteiger charge is -2.20. The Balaban J connectivity index is 2.10. The van der Waals surface area contributed by atoms with E-state index in [1.807, 2.05) is 48.8 Å². The van der Waals surface area contributed by atoms with Crippen LogP contribution in [0.25, 0.3) is 22.5 Å². The molecule has 0 unspecified atom stereocenters. The Kier molecular flexibility index (Phi) is 6.04. The first-order valence-corrected chi connectivity index (χ1v) is 9.13. The first-order chi connectivity index (χ1) is 13.1. The maximum atomic E-state index is 11.3. The van der Waals surface area contributed by atoms with Gasteiger partial charge in [-0.15, -0.1) is 0 Å². The van der Waals surface area contributed by atoms with Crippen molar-refractivity contribution in [3.63, 3.8) is 0 Å². The molecule has 1 heterocycles. The summed E-state index contributed by atoms with van der Waals surface area (Å²) in [4.78, 5) is 16.0. The third-order valence-corrected chi connectivity index (χ3v) is 4.54. The molecule has 0 saturated heterocycles. The molecule has 0 fully saturated rings. The normalized spacial score (nSPS) is 12.0. The van der Waals surface area contributed by atoms with E-state index in [4.69, 9.17) is 9.72 Å². The number of nitrogens with zero attached hydrogens (tertiary/aromatic N) is 2. The molecule has 3 rings (SSSR count). The predicted octanol–water partition coefficient (Wildman–Crippen LogP) is 4.77. The number of amides is 1. The fourth-order valence-corrected chi connectivity index (χ4v) is 3.23. The van der Waals surface area contributed by atoms with E-state index >= 15 is 0 Å². The van der Waals surface area contributed by atoms with E-state index < -0.39 is 0 Å². The summed E-state index contributed by atoms with van der Waals surface area (Å²) < 4.78 is 7.62. The Morgan fingerprint density at radius 1 is 1.11 bits per heavy atom. The molecule has 3 aromatic rings. The second kappa shape index (κ2) is 8.64. The van der Waals surface area contributed by atoms with Crippen LogP contribution in [0.1, 0.15) is 26.3 Å². The highest BCUT2D eigenvalue weighted by atomic mass is 16.5. The maximum Gasteiger partial charge on any atom is 0.221 e. The van der Waals surface area contributed by atoms with Crippen molar-refractivity contribution in [3.05, 3.63) is 60.9 Å². The van der Waals surface area contributed by atoms with Gasteiger partial charge in [0.1, 0.15) is 0 Å². The number of carbonyl (C=O) groups excluding carboxylic acids is 1. The van der Waals surface area contributed by atoms with Crippen LogP contribution in [0.4, 0.5) is 5.69 Å². The van der Waals surface area contributed by atoms with E-state index in [0.717, 1.165) is 34.6 Å². The summed E-state index contributed by atoms with van der Waals surface area (Å²) in [5, 5.41) is 2.81. The van der Waals surface area contributed by atoms with Crippen molar-refractivity contribution in [1.82, 2.24) is 9.55 Å². The third-order valence-electron chi connectivity index (χ3n) is 4.54. The number of anilines is 1. The van der Waals surface area contributed by atoms with Crippen molar-refractivity contribution < 1.29 is 9.53 Å². The summed E-state index contributed by atoms with van der Waals surface area (Å²) in [6.07, 6.45) is 2.84. The number of methoxy groups -OCH3 is 1. The second-order valence-electron chi connectivity index (χ2n) is 6.49. The van der Waals surface area contributed by atoms with Crippen LogP contribution in [0.15, 0.2) is 60.9 Å². The van der Waals surface area contributed by atoms with Crippen LogP contribution in [0.3, 0.4) is 0 Å². The van der Waals surface area contributed by atoms with Crippen molar-refractivity contribution in [1.29, 1.82) is 0 Å². The number of nitrogens with one attached hydrogen (secondary N) is 1. The zero-order valence-corrected chi connectivity index (χ0v) is 16.0. The molecule has 1 atom stereocenters. The minimum Gasteiger partial charge on any atom is -0.383 e. The van der Waals surface area contributed by atoms with E-state index in [9.17, 15) is 4.79 Å². The zero-order valence-electron chi connectivity index (χ0n) is 16.0. The Hall–Kier alpha value is -2.92. The molecule has 1 N–H and O–H groups in total. The van der Waals surface area contributed by atoms with Crippen LogP contribution in [-0.4, -0.2) is 29.2 Å². The SMILES string of the molecule is CC[C@H](COC)n1cnc(-c2ccccc2)c1-c1ccc(NC(C)=O)cc1. The second-order valence-corrected chi connectivity index (χ2v) is 6.49. The van der Waals surface area contributed by atoms with Gasteiger partial charge < -0.3 is 14.6 Å². The van der Waals surface area contributed by atoms with E-state index in [1.54, 1.807) is 7.11 Å². The van der Waals surface area contributed by atoms with Crippen LogP contribution >= 0.6 is 0 Å². The predicted molar refractivity (Wildman–Crippen MR) is 109 cm³/mol. The number of carbonyl (C=O) groups is 1. The molecule has 0 aliphatic rings. The lowest BCUT2D eigenvalue weighted by atomic mass is 10.0. The fraction of sp³-hybridized carbons (Fsp3) is 0.273. The Bertz CT molecular complexity index is 886. The molecule has 2 aromatic carbocycles. The van der Waals surface area contributed by atoms with Crippen molar-refractivity contribution in [2.24, 2.45) is 0 Å². The van der Waals surface area contributed by atoms with Gasteiger partial charge in [0.25, 0.3) is 0 Å². The van der Waals surface area contributed by atoms with Crippen molar-refractivity contribution in [2.75, 3.05) is 19.0 Å². The quantitative estimate of drug-likeness (QED) is 0.658. The van der Waals surface area contributed by atoms with Crippen molar-refractivity contribution in [3.8, 4) is 22.5 Å². The number of benzene rings is 2.